The van der Waals surface area contributed by atoms with Crippen LogP contribution >= 0.6 is 11.6 Å². The lowest BCUT2D eigenvalue weighted by Gasteiger charge is -2.24. The molecule has 1 aliphatic rings. The summed E-state index contributed by atoms with van der Waals surface area (Å²) in [5.74, 6) is -0.228. The molecule has 5 rings (SSSR count). The van der Waals surface area contributed by atoms with Crippen molar-refractivity contribution in [1.29, 1.82) is 0 Å². The first-order chi connectivity index (χ1) is 14.0. The van der Waals surface area contributed by atoms with E-state index in [4.69, 9.17) is 11.6 Å². The average Bonchev–Trinajstić information content (AvgIpc) is 3.09. The van der Waals surface area contributed by atoms with E-state index in [2.05, 4.69) is 10.3 Å². The van der Waals surface area contributed by atoms with Crippen LogP contribution in [-0.2, 0) is 13.5 Å². The van der Waals surface area contributed by atoms with Crippen molar-refractivity contribution in [1.82, 2.24) is 14.9 Å². The number of H-pyrrole nitrogens is 1. The van der Waals surface area contributed by atoms with Crippen LogP contribution in [0.15, 0.2) is 53.3 Å². The second-order valence-electron chi connectivity index (χ2n) is 7.60. The fourth-order valence-electron chi connectivity index (χ4n) is 4.41. The third-order valence-corrected chi connectivity index (χ3v) is 6.11. The fraction of sp³-hybridized carbons (Fsp3) is 0.217. The van der Waals surface area contributed by atoms with Crippen molar-refractivity contribution in [2.24, 2.45) is 7.05 Å². The van der Waals surface area contributed by atoms with Gasteiger partial charge in [0, 0.05) is 40.1 Å². The van der Waals surface area contributed by atoms with Gasteiger partial charge in [0.05, 0.1) is 17.1 Å². The molecular formula is C23H20ClN3O2. The van der Waals surface area contributed by atoms with Crippen molar-refractivity contribution in [2.75, 3.05) is 0 Å². The molecular weight excluding hydrogens is 386 g/mol. The molecule has 2 N–H and O–H groups in total. The molecule has 0 fully saturated rings. The largest absolute Gasteiger partial charge is 0.356 e. The van der Waals surface area contributed by atoms with E-state index in [0.29, 0.717) is 10.6 Å². The average molecular weight is 406 g/mol. The molecule has 0 radical (unpaired) electrons. The van der Waals surface area contributed by atoms with E-state index in [0.717, 1.165) is 46.8 Å². The molecule has 2 aromatic carbocycles. The summed E-state index contributed by atoms with van der Waals surface area (Å²) in [5, 5.41) is 5.75. The number of aromatic nitrogens is 2. The fourth-order valence-corrected chi connectivity index (χ4v) is 4.59. The number of amides is 1. The Morgan fingerprint density at radius 3 is 2.86 bits per heavy atom. The summed E-state index contributed by atoms with van der Waals surface area (Å²) in [6.07, 6.45) is 2.79. The van der Waals surface area contributed by atoms with Gasteiger partial charge in [0.2, 0.25) is 0 Å². The van der Waals surface area contributed by atoms with Crippen LogP contribution in [0.25, 0.3) is 21.8 Å². The zero-order valence-corrected chi connectivity index (χ0v) is 16.7. The van der Waals surface area contributed by atoms with Crippen molar-refractivity contribution in [3.63, 3.8) is 0 Å². The Kier molecular flexibility index (Phi) is 4.21. The molecule has 6 heteroatoms. The molecule has 0 saturated heterocycles. The van der Waals surface area contributed by atoms with Gasteiger partial charge in [-0.25, -0.2) is 0 Å². The summed E-state index contributed by atoms with van der Waals surface area (Å²) in [5.41, 5.74) is 4.24. The SMILES string of the molecule is Cn1c(=O)cc(C(=O)N[C@@H]2CCCc3c2[nH]c2ccc(Cl)cc32)c2ccccc21. The van der Waals surface area contributed by atoms with Gasteiger partial charge >= 0.3 is 0 Å². The minimum absolute atomic E-state index is 0.125. The van der Waals surface area contributed by atoms with Crippen LogP contribution in [0.4, 0.5) is 0 Å². The summed E-state index contributed by atoms with van der Waals surface area (Å²) >= 11 is 6.19. The number of nitrogens with zero attached hydrogens (tertiary/aromatic N) is 1. The molecule has 1 aliphatic carbocycles. The van der Waals surface area contributed by atoms with E-state index in [1.165, 1.54) is 11.6 Å². The van der Waals surface area contributed by atoms with Crippen LogP contribution in [0, 0.1) is 0 Å². The van der Waals surface area contributed by atoms with E-state index in [1.807, 2.05) is 42.5 Å². The highest BCUT2D eigenvalue weighted by atomic mass is 35.5. The Bertz CT molecular complexity index is 1340. The van der Waals surface area contributed by atoms with Gasteiger partial charge < -0.3 is 14.9 Å². The number of hydrogen-bond donors (Lipinski definition) is 2. The number of aromatic amines is 1. The van der Waals surface area contributed by atoms with Crippen LogP contribution in [0.3, 0.4) is 0 Å². The minimum atomic E-state index is -0.228. The number of nitrogens with one attached hydrogen (secondary N) is 2. The third kappa shape index (κ3) is 2.93. The Balaban J connectivity index is 1.55. The quantitative estimate of drug-likeness (QED) is 0.516. The van der Waals surface area contributed by atoms with Crippen molar-refractivity contribution in [3.05, 3.63) is 80.7 Å². The van der Waals surface area contributed by atoms with Gasteiger partial charge in [-0.05, 0) is 49.1 Å². The second-order valence-corrected chi connectivity index (χ2v) is 8.03. The zero-order valence-electron chi connectivity index (χ0n) is 16.0. The molecule has 4 aromatic rings. The highest BCUT2D eigenvalue weighted by Gasteiger charge is 2.26. The number of halogens is 1. The normalized spacial score (nSPS) is 16.1. The molecule has 0 bridgehead atoms. The summed E-state index contributed by atoms with van der Waals surface area (Å²) in [6.45, 7) is 0. The van der Waals surface area contributed by atoms with E-state index < -0.39 is 0 Å². The number of hydrogen-bond acceptors (Lipinski definition) is 2. The monoisotopic (exact) mass is 405 g/mol. The number of rotatable bonds is 2. The van der Waals surface area contributed by atoms with Gasteiger partial charge in [-0.1, -0.05) is 29.8 Å². The second kappa shape index (κ2) is 6.78. The molecule has 5 nitrogen and oxygen atoms in total. The van der Waals surface area contributed by atoms with Gasteiger partial charge in [-0.3, -0.25) is 9.59 Å². The maximum atomic E-state index is 13.2. The van der Waals surface area contributed by atoms with Crippen LogP contribution < -0.4 is 10.9 Å². The molecule has 0 spiro atoms. The first-order valence-electron chi connectivity index (χ1n) is 9.72. The Hall–Kier alpha value is -3.05. The molecule has 1 atom stereocenters. The van der Waals surface area contributed by atoms with Gasteiger partial charge in [-0.2, -0.15) is 0 Å². The lowest BCUT2D eigenvalue weighted by Crippen LogP contribution is -2.32. The maximum absolute atomic E-state index is 13.2. The molecule has 0 aliphatic heterocycles. The maximum Gasteiger partial charge on any atom is 0.252 e. The van der Waals surface area contributed by atoms with Gasteiger partial charge in [0.25, 0.3) is 11.5 Å². The summed E-state index contributed by atoms with van der Waals surface area (Å²) in [7, 11) is 1.72. The Labute approximate surface area is 172 Å². The molecule has 2 heterocycles. The van der Waals surface area contributed by atoms with Crippen molar-refractivity contribution < 1.29 is 4.79 Å². The minimum Gasteiger partial charge on any atom is -0.356 e. The topological polar surface area (TPSA) is 66.9 Å². The zero-order chi connectivity index (χ0) is 20.1. The Morgan fingerprint density at radius 1 is 1.17 bits per heavy atom. The lowest BCUT2D eigenvalue weighted by molar-refractivity contribution is 0.0933. The van der Waals surface area contributed by atoms with E-state index in [1.54, 1.807) is 11.6 Å². The smallest absolute Gasteiger partial charge is 0.252 e. The number of carbonyl (C=O) groups is 1. The van der Waals surface area contributed by atoms with Crippen LogP contribution in [0.5, 0.6) is 0 Å². The van der Waals surface area contributed by atoms with Crippen LogP contribution in [-0.4, -0.2) is 15.5 Å². The molecule has 1 amide bonds. The van der Waals surface area contributed by atoms with E-state index >= 15 is 0 Å². The lowest BCUT2D eigenvalue weighted by atomic mass is 9.91. The molecule has 0 unspecified atom stereocenters. The number of benzene rings is 2. The molecule has 0 saturated carbocycles. The molecule has 146 valence electrons. The van der Waals surface area contributed by atoms with Crippen molar-refractivity contribution in [3.8, 4) is 0 Å². The number of pyridine rings is 1. The molecule has 2 aromatic heterocycles. The van der Waals surface area contributed by atoms with Gasteiger partial charge in [0.15, 0.2) is 0 Å². The highest BCUT2D eigenvalue weighted by molar-refractivity contribution is 6.31. The number of fused-ring (bicyclic) bond motifs is 4. The van der Waals surface area contributed by atoms with Crippen molar-refractivity contribution in [2.45, 2.75) is 25.3 Å². The number of carbonyl (C=O) groups excluding carboxylic acids is 1. The molecule has 29 heavy (non-hydrogen) atoms. The van der Waals surface area contributed by atoms with Crippen molar-refractivity contribution >= 4 is 39.3 Å². The van der Waals surface area contributed by atoms with E-state index in [9.17, 15) is 9.59 Å². The summed E-state index contributed by atoms with van der Waals surface area (Å²) in [4.78, 5) is 29.0. The van der Waals surface area contributed by atoms with Crippen LogP contribution in [0.2, 0.25) is 5.02 Å². The summed E-state index contributed by atoms with van der Waals surface area (Å²) < 4.78 is 1.56. The van der Waals surface area contributed by atoms with Gasteiger partial charge in [-0.15, -0.1) is 0 Å². The van der Waals surface area contributed by atoms with E-state index in [-0.39, 0.29) is 17.5 Å². The highest BCUT2D eigenvalue weighted by Crippen LogP contribution is 2.36. The first kappa shape index (κ1) is 18.0. The Morgan fingerprint density at radius 2 is 2.00 bits per heavy atom. The number of aryl methyl sites for hydroxylation is 2. The standard InChI is InChI=1S/C23H20ClN3O2/c1-27-20-8-3-2-5-14(20)17(12-21(27)28)23(29)26-19-7-4-6-15-16-11-13(24)9-10-18(16)25-22(15)19/h2-3,5,8-12,19,25H,4,6-7H2,1H3,(H,26,29)/t19-/m1/s1. The first-order valence-corrected chi connectivity index (χ1v) is 10.1. The third-order valence-electron chi connectivity index (χ3n) is 5.87. The number of para-hydroxylation sites is 1. The predicted octanol–water partition coefficient (Wildman–Crippen LogP) is 4.48. The van der Waals surface area contributed by atoms with Crippen LogP contribution in [0.1, 0.15) is 40.5 Å². The summed E-state index contributed by atoms with van der Waals surface area (Å²) in [6, 6.07) is 14.6. The predicted molar refractivity (Wildman–Crippen MR) is 116 cm³/mol. The van der Waals surface area contributed by atoms with Gasteiger partial charge in [0.1, 0.15) is 0 Å².